The van der Waals surface area contributed by atoms with Crippen LogP contribution in [-0.2, 0) is 11.3 Å². The van der Waals surface area contributed by atoms with Crippen LogP contribution in [0.15, 0.2) is 30.3 Å². The largest absolute Gasteiger partial charge is 0.495 e. The number of methoxy groups -OCH3 is 2. The molecule has 2 N–H and O–H groups in total. The lowest BCUT2D eigenvalue weighted by molar-refractivity contribution is 0.0600. The molecule has 0 unspecified atom stereocenters. The number of benzene rings is 1. The summed E-state index contributed by atoms with van der Waals surface area (Å²) in [6.45, 7) is 2.40. The van der Waals surface area contributed by atoms with Gasteiger partial charge in [0.05, 0.1) is 38.6 Å². The van der Waals surface area contributed by atoms with Gasteiger partial charge in [0.2, 0.25) is 0 Å². The molecule has 0 spiro atoms. The van der Waals surface area contributed by atoms with Crippen LogP contribution in [-0.4, -0.2) is 49.4 Å². The summed E-state index contributed by atoms with van der Waals surface area (Å²) in [6.07, 6.45) is 0. The van der Waals surface area contributed by atoms with Crippen molar-refractivity contribution < 1.29 is 24.2 Å². The van der Waals surface area contributed by atoms with Gasteiger partial charge in [-0.1, -0.05) is 0 Å². The molecule has 0 aliphatic rings. The van der Waals surface area contributed by atoms with Crippen molar-refractivity contribution in [1.29, 1.82) is 0 Å². The normalized spacial score (nSPS) is 10.3. The SMILES string of the molecule is COC(=O)c1ccc(OC)c(NC(=O)N(CCO)Cc2ccc(C)s2)c1. The number of hydrogen-bond acceptors (Lipinski definition) is 6. The molecule has 26 heavy (non-hydrogen) atoms. The number of aryl methyl sites for hydroxylation is 1. The Balaban J connectivity index is 2.20. The van der Waals surface area contributed by atoms with Gasteiger partial charge in [0.15, 0.2) is 0 Å². The van der Waals surface area contributed by atoms with E-state index in [9.17, 15) is 14.7 Å². The highest BCUT2D eigenvalue weighted by atomic mass is 32.1. The van der Waals surface area contributed by atoms with Gasteiger partial charge in [0.25, 0.3) is 0 Å². The number of aliphatic hydroxyl groups is 1. The Kier molecular flexibility index (Phi) is 6.99. The molecular formula is C18H22N2O5S. The van der Waals surface area contributed by atoms with Gasteiger partial charge >= 0.3 is 12.0 Å². The minimum Gasteiger partial charge on any atom is -0.495 e. The smallest absolute Gasteiger partial charge is 0.337 e. The first-order chi connectivity index (χ1) is 12.5. The Morgan fingerprint density at radius 1 is 1.23 bits per heavy atom. The molecule has 1 aromatic carbocycles. The van der Waals surface area contributed by atoms with E-state index in [1.807, 2.05) is 19.1 Å². The number of nitrogens with one attached hydrogen (secondary N) is 1. The van der Waals surface area contributed by atoms with Crippen molar-refractivity contribution in [2.45, 2.75) is 13.5 Å². The average molecular weight is 378 g/mol. The first-order valence-electron chi connectivity index (χ1n) is 7.97. The van der Waals surface area contributed by atoms with E-state index in [1.165, 1.54) is 25.2 Å². The molecule has 0 radical (unpaired) electrons. The Morgan fingerprint density at radius 3 is 2.58 bits per heavy atom. The number of nitrogens with zero attached hydrogens (tertiary/aromatic N) is 1. The summed E-state index contributed by atoms with van der Waals surface area (Å²) in [7, 11) is 2.76. The molecule has 0 bridgehead atoms. The fourth-order valence-electron chi connectivity index (χ4n) is 2.38. The van der Waals surface area contributed by atoms with Crippen LogP contribution in [0.4, 0.5) is 10.5 Å². The third-order valence-corrected chi connectivity index (χ3v) is 4.65. The van der Waals surface area contributed by atoms with Crippen molar-refractivity contribution in [3.05, 3.63) is 45.6 Å². The van der Waals surface area contributed by atoms with Gasteiger partial charge in [-0.25, -0.2) is 9.59 Å². The molecule has 1 heterocycles. The highest BCUT2D eigenvalue weighted by Crippen LogP contribution is 2.26. The molecule has 7 nitrogen and oxygen atoms in total. The number of ether oxygens (including phenoxy) is 2. The summed E-state index contributed by atoms with van der Waals surface area (Å²) in [4.78, 5) is 28.0. The van der Waals surface area contributed by atoms with E-state index in [4.69, 9.17) is 9.47 Å². The van der Waals surface area contributed by atoms with Crippen LogP contribution in [0.1, 0.15) is 20.1 Å². The second-order valence-corrected chi connectivity index (χ2v) is 6.87. The van der Waals surface area contributed by atoms with E-state index in [1.54, 1.807) is 23.5 Å². The molecule has 2 aromatic rings. The highest BCUT2D eigenvalue weighted by Gasteiger charge is 2.18. The number of thiophene rings is 1. The van der Waals surface area contributed by atoms with Gasteiger partial charge in [0, 0.05) is 16.3 Å². The monoisotopic (exact) mass is 378 g/mol. The summed E-state index contributed by atoms with van der Waals surface area (Å²) in [5, 5.41) is 12.0. The number of carbonyl (C=O) groups excluding carboxylic acids is 2. The van der Waals surface area contributed by atoms with E-state index in [2.05, 4.69) is 5.32 Å². The fraction of sp³-hybridized carbons (Fsp3) is 0.333. The van der Waals surface area contributed by atoms with Crippen LogP contribution in [0.3, 0.4) is 0 Å². The second-order valence-electron chi connectivity index (χ2n) is 5.49. The zero-order valence-electron chi connectivity index (χ0n) is 14.9. The van der Waals surface area contributed by atoms with Crippen LogP contribution in [0.25, 0.3) is 0 Å². The molecule has 0 saturated heterocycles. The maximum absolute atomic E-state index is 12.7. The number of urea groups is 1. The molecular weight excluding hydrogens is 356 g/mol. The summed E-state index contributed by atoms with van der Waals surface area (Å²) >= 11 is 1.59. The van der Waals surface area contributed by atoms with Gasteiger partial charge < -0.3 is 24.8 Å². The summed E-state index contributed by atoms with van der Waals surface area (Å²) < 4.78 is 9.95. The van der Waals surface area contributed by atoms with Crippen LogP contribution in [0, 0.1) is 6.92 Å². The van der Waals surface area contributed by atoms with Crippen molar-refractivity contribution in [3.63, 3.8) is 0 Å². The number of hydrogen-bond donors (Lipinski definition) is 2. The number of rotatable bonds is 7. The Bertz CT molecular complexity index is 775. The van der Waals surface area contributed by atoms with Gasteiger partial charge in [-0.05, 0) is 37.3 Å². The molecule has 0 aliphatic carbocycles. The molecule has 140 valence electrons. The van der Waals surface area contributed by atoms with Gasteiger partial charge in [0.1, 0.15) is 5.75 Å². The number of aliphatic hydroxyl groups excluding tert-OH is 1. The van der Waals surface area contributed by atoms with Crippen LogP contribution < -0.4 is 10.1 Å². The van der Waals surface area contributed by atoms with Crippen molar-refractivity contribution in [1.82, 2.24) is 4.90 Å². The van der Waals surface area contributed by atoms with E-state index in [-0.39, 0.29) is 13.2 Å². The zero-order valence-corrected chi connectivity index (χ0v) is 15.8. The zero-order chi connectivity index (χ0) is 19.1. The number of anilines is 1. The molecule has 8 heteroatoms. The van der Waals surface area contributed by atoms with Gasteiger partial charge in [-0.2, -0.15) is 0 Å². The van der Waals surface area contributed by atoms with E-state index in [0.29, 0.717) is 23.5 Å². The van der Waals surface area contributed by atoms with Gasteiger partial charge in [-0.15, -0.1) is 11.3 Å². The molecule has 2 amide bonds. The first-order valence-corrected chi connectivity index (χ1v) is 8.78. The van der Waals surface area contributed by atoms with Gasteiger partial charge in [-0.3, -0.25) is 0 Å². The molecule has 0 fully saturated rings. The number of esters is 1. The lowest BCUT2D eigenvalue weighted by atomic mass is 10.2. The van der Waals surface area contributed by atoms with Crippen molar-refractivity contribution in [3.8, 4) is 5.75 Å². The van der Waals surface area contributed by atoms with Crippen LogP contribution >= 0.6 is 11.3 Å². The van der Waals surface area contributed by atoms with Crippen molar-refractivity contribution in [2.24, 2.45) is 0 Å². The lowest BCUT2D eigenvalue weighted by Gasteiger charge is -2.22. The Labute approximate surface area is 156 Å². The first kappa shape index (κ1) is 19.7. The standard InChI is InChI=1S/C18H22N2O5S/c1-12-4-6-14(26-12)11-20(8-9-21)18(23)19-15-10-13(17(22)25-3)5-7-16(15)24-2/h4-7,10,21H,8-9,11H2,1-3H3,(H,19,23). The Hall–Kier alpha value is -2.58. The second kappa shape index (κ2) is 9.21. The Morgan fingerprint density at radius 2 is 2.00 bits per heavy atom. The summed E-state index contributed by atoms with van der Waals surface area (Å²) in [5.41, 5.74) is 0.650. The summed E-state index contributed by atoms with van der Waals surface area (Å²) in [5.74, 6) is -0.0913. The average Bonchev–Trinajstić information content (AvgIpc) is 3.05. The fourth-order valence-corrected chi connectivity index (χ4v) is 3.28. The third kappa shape index (κ3) is 4.96. The number of carbonyl (C=O) groups is 2. The predicted molar refractivity (Wildman–Crippen MR) is 99.9 cm³/mol. The van der Waals surface area contributed by atoms with E-state index >= 15 is 0 Å². The minimum absolute atomic E-state index is 0.156. The maximum Gasteiger partial charge on any atom is 0.337 e. The van der Waals surface area contributed by atoms with Crippen molar-refractivity contribution >= 4 is 29.0 Å². The molecule has 1 aromatic heterocycles. The molecule has 2 rings (SSSR count). The minimum atomic E-state index is -0.510. The quantitative estimate of drug-likeness (QED) is 0.724. The topological polar surface area (TPSA) is 88.1 Å². The lowest BCUT2D eigenvalue weighted by Crippen LogP contribution is -2.36. The number of amides is 2. The molecule has 0 aliphatic heterocycles. The van der Waals surface area contributed by atoms with Crippen LogP contribution in [0.2, 0.25) is 0 Å². The maximum atomic E-state index is 12.7. The third-order valence-electron chi connectivity index (χ3n) is 3.66. The van der Waals surface area contributed by atoms with E-state index in [0.717, 1.165) is 9.75 Å². The molecule has 0 saturated carbocycles. The molecule has 0 atom stereocenters. The highest BCUT2D eigenvalue weighted by molar-refractivity contribution is 7.11. The summed E-state index contributed by atoms with van der Waals surface area (Å²) in [6, 6.07) is 8.18. The van der Waals surface area contributed by atoms with Crippen molar-refractivity contribution in [2.75, 3.05) is 32.7 Å². The predicted octanol–water partition coefficient (Wildman–Crippen LogP) is 2.88. The van der Waals surface area contributed by atoms with E-state index < -0.39 is 12.0 Å². The van der Waals surface area contributed by atoms with Crippen LogP contribution in [0.5, 0.6) is 5.75 Å².